The van der Waals surface area contributed by atoms with Gasteiger partial charge in [-0.25, -0.2) is 0 Å². The summed E-state index contributed by atoms with van der Waals surface area (Å²) in [6, 6.07) is 5.37. The molecule has 0 heterocycles. The molecule has 0 fully saturated rings. The van der Waals surface area contributed by atoms with E-state index in [1.807, 2.05) is 6.07 Å². The first-order valence-electron chi connectivity index (χ1n) is 4.83. The van der Waals surface area contributed by atoms with Gasteiger partial charge in [-0.1, -0.05) is 33.6 Å². The van der Waals surface area contributed by atoms with Crippen molar-refractivity contribution in [1.29, 1.82) is 0 Å². The molecule has 0 bridgehead atoms. The summed E-state index contributed by atoms with van der Waals surface area (Å²) in [6.07, 6.45) is 0. The molecule has 0 N–H and O–H groups in total. The molecular weight excluding hydrogens is 328 g/mol. The molecule has 0 amide bonds. The van der Waals surface area contributed by atoms with Crippen LogP contribution in [0.5, 0.6) is 0 Å². The molecule has 0 aromatic heterocycles. The van der Waals surface area contributed by atoms with Crippen LogP contribution >= 0.6 is 27.5 Å². The zero-order chi connectivity index (χ0) is 13.2. The van der Waals surface area contributed by atoms with Crippen molar-refractivity contribution >= 4 is 37.7 Å². The molecule has 96 valence electrons. The maximum Gasteiger partial charge on any atom is 0.281 e. The third kappa shape index (κ3) is 3.66. The minimum atomic E-state index is -3.41. The quantitative estimate of drug-likeness (QED) is 0.843. The average Bonchev–Trinajstić information content (AvgIpc) is 2.21. The SMILES string of the molecule is CN(C)S(=O)(=O)N(C)Cc1ccc(Br)cc1Cl. The van der Waals surface area contributed by atoms with Crippen LogP contribution in [-0.4, -0.2) is 38.2 Å². The lowest BCUT2D eigenvalue weighted by molar-refractivity contribution is 0.414. The lowest BCUT2D eigenvalue weighted by atomic mass is 10.2. The highest BCUT2D eigenvalue weighted by Crippen LogP contribution is 2.23. The van der Waals surface area contributed by atoms with Gasteiger partial charge in [-0.2, -0.15) is 17.0 Å². The van der Waals surface area contributed by atoms with E-state index in [1.165, 1.54) is 29.8 Å². The fraction of sp³-hybridized carbons (Fsp3) is 0.400. The van der Waals surface area contributed by atoms with Crippen molar-refractivity contribution in [3.8, 4) is 0 Å². The van der Waals surface area contributed by atoms with E-state index in [2.05, 4.69) is 15.9 Å². The van der Waals surface area contributed by atoms with Gasteiger partial charge >= 0.3 is 0 Å². The Morgan fingerprint density at radius 1 is 1.29 bits per heavy atom. The molecule has 0 saturated heterocycles. The molecule has 17 heavy (non-hydrogen) atoms. The van der Waals surface area contributed by atoms with Gasteiger partial charge in [0, 0.05) is 37.2 Å². The van der Waals surface area contributed by atoms with E-state index in [4.69, 9.17) is 11.6 Å². The summed E-state index contributed by atoms with van der Waals surface area (Å²) in [5, 5.41) is 0.542. The van der Waals surface area contributed by atoms with Crippen molar-refractivity contribution in [2.75, 3.05) is 21.1 Å². The Kier molecular flexibility index (Phi) is 4.97. The largest absolute Gasteiger partial charge is 0.281 e. The molecule has 0 saturated carbocycles. The van der Waals surface area contributed by atoms with Crippen molar-refractivity contribution in [1.82, 2.24) is 8.61 Å². The summed E-state index contributed by atoms with van der Waals surface area (Å²) in [4.78, 5) is 0. The third-order valence-corrected chi connectivity index (χ3v) is 4.95. The van der Waals surface area contributed by atoms with Crippen molar-refractivity contribution in [2.45, 2.75) is 6.54 Å². The second kappa shape index (κ2) is 5.67. The molecule has 0 unspecified atom stereocenters. The molecule has 0 aliphatic carbocycles. The Balaban J connectivity index is 2.92. The van der Waals surface area contributed by atoms with Gasteiger partial charge in [0.1, 0.15) is 0 Å². The Morgan fingerprint density at radius 3 is 2.35 bits per heavy atom. The summed E-state index contributed by atoms with van der Waals surface area (Å²) in [5.74, 6) is 0. The van der Waals surface area contributed by atoms with Gasteiger partial charge in [-0.15, -0.1) is 0 Å². The Labute approximate surface area is 115 Å². The smallest absolute Gasteiger partial charge is 0.195 e. The fourth-order valence-corrected chi connectivity index (χ4v) is 2.84. The molecule has 0 aliphatic heterocycles. The second-order valence-electron chi connectivity index (χ2n) is 3.78. The van der Waals surface area contributed by atoms with Crippen LogP contribution in [0, 0.1) is 0 Å². The van der Waals surface area contributed by atoms with E-state index < -0.39 is 10.2 Å². The molecule has 1 aromatic carbocycles. The minimum absolute atomic E-state index is 0.243. The van der Waals surface area contributed by atoms with Gasteiger partial charge < -0.3 is 0 Å². The fourth-order valence-electron chi connectivity index (χ4n) is 1.25. The van der Waals surface area contributed by atoms with Crippen molar-refractivity contribution < 1.29 is 8.42 Å². The zero-order valence-electron chi connectivity index (χ0n) is 9.81. The van der Waals surface area contributed by atoms with E-state index in [-0.39, 0.29) is 6.54 Å². The highest BCUT2D eigenvalue weighted by atomic mass is 79.9. The number of hydrogen-bond acceptors (Lipinski definition) is 2. The molecule has 0 spiro atoms. The highest BCUT2D eigenvalue weighted by molar-refractivity contribution is 9.10. The third-order valence-electron chi connectivity index (χ3n) is 2.26. The van der Waals surface area contributed by atoms with Gasteiger partial charge in [0.15, 0.2) is 0 Å². The summed E-state index contributed by atoms with van der Waals surface area (Å²) in [7, 11) is 1.11. The molecular formula is C10H14BrClN2O2S. The van der Waals surface area contributed by atoms with Crippen LogP contribution in [0.25, 0.3) is 0 Å². The van der Waals surface area contributed by atoms with Gasteiger partial charge in [0.2, 0.25) is 0 Å². The lowest BCUT2D eigenvalue weighted by Crippen LogP contribution is -2.36. The first-order valence-corrected chi connectivity index (χ1v) is 7.39. The van der Waals surface area contributed by atoms with Crippen molar-refractivity contribution in [2.24, 2.45) is 0 Å². The maximum absolute atomic E-state index is 11.8. The number of nitrogens with zero attached hydrogens (tertiary/aromatic N) is 2. The van der Waals surface area contributed by atoms with E-state index >= 15 is 0 Å². The molecule has 0 aliphatic rings. The molecule has 0 radical (unpaired) electrons. The summed E-state index contributed by atoms with van der Waals surface area (Å²) < 4.78 is 26.9. The lowest BCUT2D eigenvalue weighted by Gasteiger charge is -2.21. The average molecular weight is 342 g/mol. The molecule has 0 atom stereocenters. The van der Waals surface area contributed by atoms with Crippen LogP contribution in [0.1, 0.15) is 5.56 Å². The normalized spacial score (nSPS) is 12.4. The van der Waals surface area contributed by atoms with Crippen LogP contribution in [-0.2, 0) is 16.8 Å². The molecule has 7 heteroatoms. The first-order chi connectivity index (χ1) is 7.75. The predicted octanol–water partition coefficient (Wildman–Crippen LogP) is 2.34. The van der Waals surface area contributed by atoms with Crippen LogP contribution in [0.2, 0.25) is 5.02 Å². The summed E-state index contributed by atoms with van der Waals surface area (Å²) in [6.45, 7) is 0.243. The van der Waals surface area contributed by atoms with Gasteiger partial charge in [-0.3, -0.25) is 0 Å². The summed E-state index contributed by atoms with van der Waals surface area (Å²) in [5.41, 5.74) is 0.766. The monoisotopic (exact) mass is 340 g/mol. The topological polar surface area (TPSA) is 40.6 Å². The van der Waals surface area contributed by atoms with Gasteiger partial charge in [0.05, 0.1) is 0 Å². The molecule has 4 nitrogen and oxygen atoms in total. The van der Waals surface area contributed by atoms with Crippen LogP contribution in [0.3, 0.4) is 0 Å². The highest BCUT2D eigenvalue weighted by Gasteiger charge is 2.21. The zero-order valence-corrected chi connectivity index (χ0v) is 13.0. The number of halogens is 2. The van der Waals surface area contributed by atoms with E-state index in [0.29, 0.717) is 5.02 Å². The molecule has 1 rings (SSSR count). The van der Waals surface area contributed by atoms with Crippen LogP contribution < -0.4 is 0 Å². The van der Waals surface area contributed by atoms with E-state index in [0.717, 1.165) is 10.0 Å². The summed E-state index contributed by atoms with van der Waals surface area (Å²) >= 11 is 9.34. The Morgan fingerprint density at radius 2 is 1.88 bits per heavy atom. The second-order valence-corrected chi connectivity index (χ2v) is 7.35. The van der Waals surface area contributed by atoms with Crippen LogP contribution in [0.4, 0.5) is 0 Å². The maximum atomic E-state index is 11.8. The Bertz CT molecular complexity index is 505. The van der Waals surface area contributed by atoms with Crippen LogP contribution in [0.15, 0.2) is 22.7 Å². The minimum Gasteiger partial charge on any atom is -0.195 e. The van der Waals surface area contributed by atoms with Gasteiger partial charge in [-0.05, 0) is 17.7 Å². The number of hydrogen-bond donors (Lipinski definition) is 0. The molecule has 1 aromatic rings. The first kappa shape index (κ1) is 14.9. The number of benzene rings is 1. The number of rotatable bonds is 4. The Hall–Kier alpha value is -0.140. The predicted molar refractivity (Wildman–Crippen MR) is 73.2 cm³/mol. The van der Waals surface area contributed by atoms with Crippen molar-refractivity contribution in [3.05, 3.63) is 33.3 Å². The van der Waals surface area contributed by atoms with Crippen molar-refractivity contribution in [3.63, 3.8) is 0 Å². The standard InChI is InChI=1S/C10H14BrClN2O2S/c1-13(2)17(15,16)14(3)7-8-4-5-9(11)6-10(8)12/h4-6H,7H2,1-3H3. The van der Waals surface area contributed by atoms with E-state index in [9.17, 15) is 8.42 Å². The van der Waals surface area contributed by atoms with Gasteiger partial charge in [0.25, 0.3) is 10.2 Å². The van der Waals surface area contributed by atoms with E-state index in [1.54, 1.807) is 12.1 Å².